The molecule has 4 N–H and O–H groups in total. The van der Waals surface area contributed by atoms with Crippen molar-refractivity contribution < 1.29 is 0 Å². The normalized spacial score (nSPS) is 10.5. The molecule has 0 amide bonds. The monoisotopic (exact) mass is 155 g/mol. The molecule has 0 aliphatic rings. The highest BCUT2D eigenvalue weighted by molar-refractivity contribution is 5.69. The summed E-state index contributed by atoms with van der Waals surface area (Å²) in [5.41, 5.74) is 5.65. The number of hydrogen-bond donors (Lipinski definition) is 3. The van der Waals surface area contributed by atoms with Crippen molar-refractivity contribution >= 4 is 17.1 Å². The highest BCUT2D eigenvalue weighted by atomic mass is 16.2. The van der Waals surface area contributed by atoms with Gasteiger partial charge in [0, 0.05) is 0 Å². The summed E-state index contributed by atoms with van der Waals surface area (Å²) in [6, 6.07) is 0. The molecule has 6 nitrogen and oxygen atoms in total. The van der Waals surface area contributed by atoms with E-state index in [1.165, 1.54) is 6.33 Å². The number of nitrogens with zero attached hydrogens (tertiary/aromatic N) is 2. The smallest absolute Gasteiger partial charge is 0.278 e. The van der Waals surface area contributed by atoms with Gasteiger partial charge in [-0.2, -0.15) is 4.98 Å². The van der Waals surface area contributed by atoms with Crippen molar-refractivity contribution in [2.24, 2.45) is 0 Å². The largest absolute Gasteiger partial charge is 0.369 e. The van der Waals surface area contributed by atoms with E-state index in [0.29, 0.717) is 11.2 Å². The number of nitrogens with two attached hydrogens (primary N) is 1. The van der Waals surface area contributed by atoms with E-state index in [9.17, 15) is 4.79 Å². The Morgan fingerprint density at radius 1 is 1.55 bits per heavy atom. The number of H-pyrrole nitrogens is 2. The third kappa shape index (κ3) is 0.759. The van der Waals surface area contributed by atoms with Gasteiger partial charge in [0.15, 0.2) is 11.2 Å². The lowest BCUT2D eigenvalue weighted by atomic mass is 11.1. The molecule has 2 rings (SSSR count). The SMILES string of the molecule is Nc1n[13c]2n[13cH][nH][13c]2[13c](=O)[nH]1. The third-order valence-electron chi connectivity index (χ3n) is 1.31. The van der Waals surface area contributed by atoms with Crippen LogP contribution in [-0.2, 0) is 0 Å². The first kappa shape index (κ1) is 5.90. The molecule has 6 heteroatoms. The van der Waals surface area contributed by atoms with Crippen molar-refractivity contribution in [2.45, 2.75) is 0 Å². The van der Waals surface area contributed by atoms with E-state index in [1.54, 1.807) is 0 Å². The van der Waals surface area contributed by atoms with Crippen LogP contribution in [0.1, 0.15) is 0 Å². The van der Waals surface area contributed by atoms with E-state index in [-0.39, 0.29) is 11.5 Å². The lowest BCUT2D eigenvalue weighted by Gasteiger charge is -1.89. The highest BCUT2D eigenvalue weighted by Gasteiger charge is 2.01. The number of nitrogen functional groups attached to an aromatic ring is 1. The fourth-order valence-electron chi connectivity index (χ4n) is 0.860. The summed E-state index contributed by atoms with van der Waals surface area (Å²) in [4.78, 5) is 23.5. The molecule has 0 unspecified atom stereocenters. The Morgan fingerprint density at radius 3 is 3.18 bits per heavy atom. The van der Waals surface area contributed by atoms with Gasteiger partial charge >= 0.3 is 0 Å². The van der Waals surface area contributed by atoms with Gasteiger partial charge in [-0.1, -0.05) is 0 Å². The quantitative estimate of drug-likeness (QED) is 0.465. The zero-order valence-corrected chi connectivity index (χ0v) is 5.46. The lowest BCUT2D eigenvalue weighted by molar-refractivity contribution is 1.17. The maximum atomic E-state index is 11.0. The molecule has 11 heavy (non-hydrogen) atoms. The van der Waals surface area contributed by atoms with Crippen molar-refractivity contribution in [3.8, 4) is 0 Å². The molecular weight excluding hydrogens is 150 g/mol. The molecule has 0 aliphatic heterocycles. The summed E-state index contributed by atoms with van der Waals surface area (Å²) >= 11 is 0. The molecule has 2 heterocycles. The minimum atomic E-state index is -0.301. The molecular formula is C5H5N5O. The fourth-order valence-corrected chi connectivity index (χ4v) is 0.860. The molecule has 0 fully saturated rings. The summed E-state index contributed by atoms with van der Waals surface area (Å²) in [5.74, 6) is 0.0783. The number of anilines is 1. The molecule has 2 aromatic heterocycles. The van der Waals surface area contributed by atoms with E-state index < -0.39 is 0 Å². The summed E-state index contributed by atoms with van der Waals surface area (Å²) in [7, 11) is 0. The number of nitrogens with one attached hydrogen (secondary N) is 2. The number of aromatic nitrogens is 4. The van der Waals surface area contributed by atoms with Gasteiger partial charge in [-0.25, -0.2) is 4.98 Å². The number of imidazole rings is 1. The Labute approximate surface area is 60.5 Å². The number of hydrogen-bond acceptors (Lipinski definition) is 4. The Kier molecular flexibility index (Phi) is 0.974. The highest BCUT2D eigenvalue weighted by Crippen LogP contribution is 1.98. The van der Waals surface area contributed by atoms with Crippen LogP contribution in [0.5, 0.6) is 0 Å². The van der Waals surface area contributed by atoms with E-state index in [2.05, 4.69) is 19.9 Å². The van der Waals surface area contributed by atoms with Crippen molar-refractivity contribution in [3.05, 3.63) is 16.7 Å². The number of aromatic amines is 2. The molecule has 0 radical (unpaired) electrons. The molecule has 0 aromatic carbocycles. The van der Waals surface area contributed by atoms with Gasteiger partial charge in [0.25, 0.3) is 5.56 Å². The molecule has 0 saturated carbocycles. The predicted molar refractivity (Wildman–Crippen MR) is 38.9 cm³/mol. The zero-order valence-electron chi connectivity index (χ0n) is 5.46. The maximum absolute atomic E-state index is 11.0. The van der Waals surface area contributed by atoms with Crippen molar-refractivity contribution in [3.63, 3.8) is 0 Å². The Bertz CT molecular complexity index is 441. The molecule has 0 bridgehead atoms. The topological polar surface area (TPSA) is 100 Å². The second-order valence-electron chi connectivity index (χ2n) is 2.05. The van der Waals surface area contributed by atoms with Crippen molar-refractivity contribution in [1.29, 1.82) is 0 Å². The fraction of sp³-hybridized carbons (Fsp3) is 0. The minimum Gasteiger partial charge on any atom is -0.369 e. The van der Waals surface area contributed by atoms with E-state index in [4.69, 9.17) is 5.73 Å². The zero-order chi connectivity index (χ0) is 7.84. The number of rotatable bonds is 0. The average molecular weight is 155 g/mol. The third-order valence-corrected chi connectivity index (χ3v) is 1.31. The summed E-state index contributed by atoms with van der Waals surface area (Å²) in [6.45, 7) is 0. The molecule has 0 spiro atoms. The van der Waals surface area contributed by atoms with Gasteiger partial charge in [-0.15, -0.1) is 0 Å². The van der Waals surface area contributed by atoms with Crippen molar-refractivity contribution in [1.82, 2.24) is 19.9 Å². The molecule has 56 valence electrons. The Morgan fingerprint density at radius 2 is 2.36 bits per heavy atom. The van der Waals surface area contributed by atoms with Gasteiger partial charge in [0.2, 0.25) is 5.95 Å². The summed E-state index contributed by atoms with van der Waals surface area (Å²) < 4.78 is 0. The van der Waals surface area contributed by atoms with E-state index in [1.807, 2.05) is 0 Å². The Balaban J connectivity index is 3.02. The summed E-state index contributed by atoms with van der Waals surface area (Å²) in [5, 5.41) is 0. The lowest BCUT2D eigenvalue weighted by Crippen LogP contribution is -2.10. The van der Waals surface area contributed by atoms with Gasteiger partial charge in [-0.3, -0.25) is 9.78 Å². The van der Waals surface area contributed by atoms with Crippen LogP contribution in [0.25, 0.3) is 11.2 Å². The van der Waals surface area contributed by atoms with Gasteiger partial charge in [0.1, 0.15) is 0 Å². The average Bonchev–Trinajstić information content (AvgIpc) is 2.34. The first-order chi connectivity index (χ1) is 5.27. The van der Waals surface area contributed by atoms with E-state index in [0.717, 1.165) is 0 Å². The van der Waals surface area contributed by atoms with E-state index >= 15 is 0 Å². The maximum Gasteiger partial charge on any atom is 0.278 e. The Hall–Kier alpha value is -1.85. The standard InChI is InChI=1S/C5H5N5O/c6-5-9-3-2(4(11)10-5)7-1-8-3/h1H,(H4,6,7,8,9,10,11)/i1+1,2+1,3+1,4+1. The van der Waals surface area contributed by atoms with Crippen LogP contribution in [0, 0.1) is 0 Å². The first-order valence-corrected chi connectivity index (χ1v) is 2.96. The molecule has 2 aromatic rings. The van der Waals surface area contributed by atoms with Crippen LogP contribution >= 0.6 is 0 Å². The van der Waals surface area contributed by atoms with Crippen LogP contribution in [0.3, 0.4) is 0 Å². The van der Waals surface area contributed by atoms with Gasteiger partial charge in [0.05, 0.1) is 6.33 Å². The van der Waals surface area contributed by atoms with Crippen LogP contribution in [0.4, 0.5) is 5.95 Å². The number of fused-ring (bicyclic) bond motifs is 1. The first-order valence-electron chi connectivity index (χ1n) is 2.96. The predicted octanol–water partition coefficient (Wildman–Crippen LogP) is -0.772. The molecule has 0 saturated heterocycles. The second-order valence-corrected chi connectivity index (χ2v) is 2.05. The second kappa shape index (κ2) is 1.82. The van der Waals surface area contributed by atoms with Crippen LogP contribution in [0.15, 0.2) is 11.1 Å². The van der Waals surface area contributed by atoms with Gasteiger partial charge in [-0.05, 0) is 0 Å². The van der Waals surface area contributed by atoms with Crippen molar-refractivity contribution in [2.75, 3.05) is 5.73 Å². The minimum absolute atomic E-state index is 0.0783. The van der Waals surface area contributed by atoms with Crippen LogP contribution < -0.4 is 11.3 Å². The molecule has 0 atom stereocenters. The summed E-state index contributed by atoms with van der Waals surface area (Å²) in [6.07, 6.45) is 1.40. The van der Waals surface area contributed by atoms with Crippen LogP contribution in [-0.4, -0.2) is 19.9 Å². The molecule has 0 aliphatic carbocycles. The van der Waals surface area contributed by atoms with Gasteiger partial charge < -0.3 is 10.7 Å². The van der Waals surface area contributed by atoms with Crippen LogP contribution in [0.2, 0.25) is 0 Å².